The number of nitrogens with one attached hydrogen (secondary N) is 2. The highest BCUT2D eigenvalue weighted by atomic mass is 16.5. The average Bonchev–Trinajstić information content (AvgIpc) is 2.28. The zero-order chi connectivity index (χ0) is 12.7. The van der Waals surface area contributed by atoms with Crippen molar-refractivity contribution in [1.29, 1.82) is 0 Å². The number of rotatable bonds is 6. The molecule has 5 nitrogen and oxygen atoms in total. The third kappa shape index (κ3) is 5.12. The summed E-state index contributed by atoms with van der Waals surface area (Å²) in [6.07, 6.45) is 0. The van der Waals surface area contributed by atoms with Crippen molar-refractivity contribution < 1.29 is 9.53 Å². The van der Waals surface area contributed by atoms with Gasteiger partial charge >= 0.3 is 0 Å². The fourth-order valence-corrected chi connectivity index (χ4v) is 1.16. The second-order valence-electron chi connectivity index (χ2n) is 3.69. The molecule has 0 aliphatic heterocycles. The van der Waals surface area contributed by atoms with Crippen LogP contribution in [0.1, 0.15) is 17.4 Å². The maximum Gasteiger partial charge on any atom is 0.267 e. The van der Waals surface area contributed by atoms with E-state index in [9.17, 15) is 9.59 Å². The summed E-state index contributed by atoms with van der Waals surface area (Å²) in [7, 11) is 0. The Morgan fingerprint density at radius 2 is 2.29 bits per heavy atom. The molecular weight excluding hydrogens is 220 g/mol. The van der Waals surface area contributed by atoms with Crippen LogP contribution in [0.25, 0.3) is 0 Å². The van der Waals surface area contributed by atoms with Crippen molar-refractivity contribution >= 4 is 5.91 Å². The van der Waals surface area contributed by atoms with Crippen molar-refractivity contribution in [3.05, 3.63) is 46.4 Å². The van der Waals surface area contributed by atoms with Crippen LogP contribution in [0.2, 0.25) is 0 Å². The zero-order valence-electron chi connectivity index (χ0n) is 9.79. The van der Waals surface area contributed by atoms with Crippen LogP contribution in [-0.4, -0.2) is 30.6 Å². The predicted molar refractivity (Wildman–Crippen MR) is 65.0 cm³/mol. The lowest BCUT2D eigenvalue weighted by molar-refractivity contribution is 0.0921. The SMILES string of the molecule is C=C(C)COCCNC(=O)c1cccc(=O)[nH]1. The standard InChI is InChI=1S/C12H16N2O3/c1-9(2)8-17-7-6-13-12(16)10-4-3-5-11(15)14-10/h3-5H,1,6-8H2,2H3,(H,13,16)(H,14,15). The lowest BCUT2D eigenvalue weighted by atomic mass is 10.3. The van der Waals surface area contributed by atoms with Gasteiger partial charge in [-0.2, -0.15) is 0 Å². The van der Waals surface area contributed by atoms with Gasteiger partial charge in [0.25, 0.3) is 5.91 Å². The minimum absolute atomic E-state index is 0.248. The van der Waals surface area contributed by atoms with Crippen LogP contribution in [0.4, 0.5) is 0 Å². The molecule has 0 aromatic carbocycles. The van der Waals surface area contributed by atoms with Gasteiger partial charge in [0.05, 0.1) is 13.2 Å². The van der Waals surface area contributed by atoms with Gasteiger partial charge in [-0.3, -0.25) is 9.59 Å². The van der Waals surface area contributed by atoms with Crippen molar-refractivity contribution in [2.45, 2.75) is 6.92 Å². The number of ether oxygens (including phenoxy) is 1. The molecule has 0 bridgehead atoms. The number of H-pyrrole nitrogens is 1. The first-order chi connectivity index (χ1) is 8.09. The van der Waals surface area contributed by atoms with Gasteiger partial charge in [-0.25, -0.2) is 0 Å². The molecule has 0 atom stereocenters. The Labute approximate surface area is 99.5 Å². The minimum atomic E-state index is -0.318. The van der Waals surface area contributed by atoms with E-state index in [-0.39, 0.29) is 17.2 Å². The third-order valence-corrected chi connectivity index (χ3v) is 1.89. The largest absolute Gasteiger partial charge is 0.375 e. The van der Waals surface area contributed by atoms with E-state index in [0.29, 0.717) is 19.8 Å². The van der Waals surface area contributed by atoms with Crippen LogP contribution in [0.15, 0.2) is 35.1 Å². The monoisotopic (exact) mass is 236 g/mol. The number of pyridine rings is 1. The Morgan fingerprint density at radius 1 is 1.53 bits per heavy atom. The molecule has 1 aromatic heterocycles. The third-order valence-electron chi connectivity index (χ3n) is 1.89. The fraction of sp³-hybridized carbons (Fsp3) is 0.333. The molecule has 0 spiro atoms. The van der Waals surface area contributed by atoms with Crippen LogP contribution in [0.3, 0.4) is 0 Å². The highest BCUT2D eigenvalue weighted by molar-refractivity contribution is 5.92. The summed E-state index contributed by atoms with van der Waals surface area (Å²) in [5, 5.41) is 2.64. The normalized spacial score (nSPS) is 9.94. The molecule has 92 valence electrons. The Kier molecular flexibility index (Phi) is 5.16. The van der Waals surface area contributed by atoms with Gasteiger partial charge in [-0.05, 0) is 13.0 Å². The molecule has 2 N–H and O–H groups in total. The highest BCUT2D eigenvalue weighted by Crippen LogP contribution is 1.90. The maximum atomic E-state index is 11.5. The summed E-state index contributed by atoms with van der Waals surface area (Å²) in [4.78, 5) is 25.0. The van der Waals surface area contributed by atoms with Crippen molar-refractivity contribution in [3.8, 4) is 0 Å². The van der Waals surface area contributed by atoms with Crippen LogP contribution in [0.5, 0.6) is 0 Å². The van der Waals surface area contributed by atoms with E-state index in [1.54, 1.807) is 6.07 Å². The van der Waals surface area contributed by atoms with Crippen molar-refractivity contribution in [3.63, 3.8) is 0 Å². The van der Waals surface area contributed by atoms with Crippen molar-refractivity contribution in [2.75, 3.05) is 19.8 Å². The highest BCUT2D eigenvalue weighted by Gasteiger charge is 2.04. The van der Waals surface area contributed by atoms with E-state index in [1.807, 2.05) is 6.92 Å². The van der Waals surface area contributed by atoms with Crippen LogP contribution in [-0.2, 0) is 4.74 Å². The molecule has 1 amide bonds. The number of aromatic nitrogens is 1. The second kappa shape index (κ2) is 6.65. The molecule has 0 unspecified atom stereocenters. The Hall–Kier alpha value is -1.88. The van der Waals surface area contributed by atoms with Gasteiger partial charge in [-0.15, -0.1) is 0 Å². The van der Waals surface area contributed by atoms with E-state index in [4.69, 9.17) is 4.74 Å². The van der Waals surface area contributed by atoms with Crippen molar-refractivity contribution in [2.24, 2.45) is 0 Å². The first-order valence-electron chi connectivity index (χ1n) is 5.29. The predicted octanol–water partition coefficient (Wildman–Crippen LogP) is 0.697. The van der Waals surface area contributed by atoms with Gasteiger partial charge in [0.1, 0.15) is 5.69 Å². The molecule has 0 saturated carbocycles. The molecule has 0 fully saturated rings. The van der Waals surface area contributed by atoms with Crippen LogP contribution >= 0.6 is 0 Å². The summed E-state index contributed by atoms with van der Waals surface area (Å²) in [5.41, 5.74) is 0.886. The number of amides is 1. The molecule has 0 aliphatic rings. The van der Waals surface area contributed by atoms with E-state index < -0.39 is 0 Å². The number of aromatic amines is 1. The van der Waals surface area contributed by atoms with Gasteiger partial charge in [-0.1, -0.05) is 18.2 Å². The molecule has 1 heterocycles. The maximum absolute atomic E-state index is 11.5. The lowest BCUT2D eigenvalue weighted by Gasteiger charge is -2.06. The minimum Gasteiger partial charge on any atom is -0.375 e. The Bertz CT molecular complexity index is 451. The summed E-state index contributed by atoms with van der Waals surface area (Å²) in [5.74, 6) is -0.318. The Morgan fingerprint density at radius 3 is 2.94 bits per heavy atom. The van der Waals surface area contributed by atoms with Gasteiger partial charge in [0.2, 0.25) is 5.56 Å². The summed E-state index contributed by atoms with van der Waals surface area (Å²) >= 11 is 0. The topological polar surface area (TPSA) is 71.2 Å². The summed E-state index contributed by atoms with van der Waals surface area (Å²) in [6.45, 7) is 6.85. The molecule has 1 aromatic rings. The number of carbonyl (C=O) groups is 1. The molecule has 17 heavy (non-hydrogen) atoms. The van der Waals surface area contributed by atoms with Crippen LogP contribution < -0.4 is 10.9 Å². The first kappa shape index (κ1) is 13.2. The quantitative estimate of drug-likeness (QED) is 0.564. The van der Waals surface area contributed by atoms with E-state index in [1.165, 1.54) is 12.1 Å². The smallest absolute Gasteiger partial charge is 0.267 e. The van der Waals surface area contributed by atoms with Gasteiger partial charge in [0.15, 0.2) is 0 Å². The van der Waals surface area contributed by atoms with E-state index >= 15 is 0 Å². The van der Waals surface area contributed by atoms with Gasteiger partial charge < -0.3 is 15.0 Å². The Balaban J connectivity index is 2.30. The summed E-state index contributed by atoms with van der Waals surface area (Å²) in [6, 6.07) is 4.43. The molecule has 0 radical (unpaired) electrons. The summed E-state index contributed by atoms with van der Waals surface area (Å²) < 4.78 is 5.22. The molecule has 0 saturated heterocycles. The molecular formula is C12H16N2O3. The zero-order valence-corrected chi connectivity index (χ0v) is 9.79. The van der Waals surface area contributed by atoms with Crippen LogP contribution in [0, 0.1) is 0 Å². The lowest BCUT2D eigenvalue weighted by Crippen LogP contribution is -2.29. The molecule has 0 aliphatic carbocycles. The number of carbonyl (C=O) groups excluding carboxylic acids is 1. The first-order valence-corrected chi connectivity index (χ1v) is 5.29. The molecule has 5 heteroatoms. The van der Waals surface area contributed by atoms with Gasteiger partial charge in [0, 0.05) is 12.6 Å². The average molecular weight is 236 g/mol. The van der Waals surface area contributed by atoms with E-state index in [0.717, 1.165) is 5.57 Å². The molecule has 1 rings (SSSR count). The number of hydrogen-bond acceptors (Lipinski definition) is 3. The fourth-order valence-electron chi connectivity index (χ4n) is 1.16. The second-order valence-corrected chi connectivity index (χ2v) is 3.69. The van der Waals surface area contributed by atoms with E-state index in [2.05, 4.69) is 16.9 Å². The van der Waals surface area contributed by atoms with Crippen molar-refractivity contribution in [1.82, 2.24) is 10.3 Å². The number of hydrogen-bond donors (Lipinski definition) is 2.